The van der Waals surface area contributed by atoms with Crippen molar-refractivity contribution in [3.63, 3.8) is 0 Å². The molecule has 10 aromatic rings. The van der Waals surface area contributed by atoms with Gasteiger partial charge in [0, 0.05) is 113 Å². The smallest absolute Gasteiger partial charge is 0.251 e. The van der Waals surface area contributed by atoms with Crippen LogP contribution in [0.25, 0.3) is 0 Å². The monoisotopic (exact) mass is 1360 g/mol. The predicted octanol–water partition coefficient (Wildman–Crippen LogP) is 18.4. The first-order valence-electron chi connectivity index (χ1n) is 36.3. The van der Waals surface area contributed by atoms with Crippen LogP contribution in [-0.4, -0.2) is 72.8 Å². The Morgan fingerprint density at radius 3 is 1.29 bits per heavy atom. The molecule has 0 fully saturated rings. The van der Waals surface area contributed by atoms with Gasteiger partial charge in [0.1, 0.15) is 36.5 Å². The number of hydrogen-bond donors (Lipinski definition) is 1. The molecule has 102 heavy (non-hydrogen) atoms. The third kappa shape index (κ3) is 14.9. The molecule has 4 aliphatic heterocycles. The number of rotatable bonds is 17. The first kappa shape index (κ1) is 70.8. The summed E-state index contributed by atoms with van der Waals surface area (Å²) in [6.07, 6.45) is 7.27. The van der Waals surface area contributed by atoms with Crippen molar-refractivity contribution in [1.29, 1.82) is 0 Å². The molecule has 1 aromatic heterocycles. The van der Waals surface area contributed by atoms with E-state index in [1.807, 2.05) is 29.8 Å². The van der Waals surface area contributed by atoms with Crippen LogP contribution >= 0.6 is 0 Å². The molecule has 4 aliphatic rings. The molecule has 0 saturated heterocycles. The summed E-state index contributed by atoms with van der Waals surface area (Å²) in [5.41, 5.74) is 27.8. The fourth-order valence-electron chi connectivity index (χ4n) is 15.5. The number of benzene rings is 9. The van der Waals surface area contributed by atoms with Gasteiger partial charge >= 0.3 is 0 Å². The molecule has 0 saturated carbocycles. The SMILES string of the molecule is Cc1cc(C(=O)NCCCn2ccnc2)cc(N2COc3ccc(C(C)(C)c4cccc(C(C)(C)c5ccc6c(c5)CN(C)CO6)c4)cc3C2)c1.Cc1cc(Cc2cc(C)c(N3COc4ccc(C(C)(C)c5cccc(C(C)(C)c6ccc7c(c6)CN(C)CO7)c5)cc4C3)c(C)c2)cc(C)c1C. The highest BCUT2D eigenvalue weighted by Gasteiger charge is 2.34. The van der Waals surface area contributed by atoms with Crippen LogP contribution in [0.5, 0.6) is 23.0 Å². The van der Waals surface area contributed by atoms with Crippen molar-refractivity contribution in [2.45, 2.75) is 164 Å². The summed E-state index contributed by atoms with van der Waals surface area (Å²) in [5, 5.41) is 3.08. The highest BCUT2D eigenvalue weighted by Crippen LogP contribution is 2.44. The zero-order chi connectivity index (χ0) is 72.0. The van der Waals surface area contributed by atoms with E-state index in [0.29, 0.717) is 45.6 Å². The molecular weight excluding hydrogens is 1260 g/mol. The van der Waals surface area contributed by atoms with E-state index in [2.05, 4.69) is 286 Å². The molecule has 528 valence electrons. The molecule has 0 unspecified atom stereocenters. The van der Waals surface area contributed by atoms with Gasteiger partial charge in [-0.25, -0.2) is 4.98 Å². The number of nitrogens with one attached hydrogen (secondary N) is 1. The third-order valence-electron chi connectivity index (χ3n) is 22.4. The fraction of sp³-hybridized carbons (Fsp3) is 0.356. The number of anilines is 2. The van der Waals surface area contributed by atoms with Crippen LogP contribution in [0.15, 0.2) is 183 Å². The van der Waals surface area contributed by atoms with Crippen molar-refractivity contribution in [3.8, 4) is 23.0 Å². The average Bonchev–Trinajstić information content (AvgIpc) is 0.957. The summed E-state index contributed by atoms with van der Waals surface area (Å²) in [5.74, 6) is 3.82. The van der Waals surface area contributed by atoms with Gasteiger partial charge in [-0.05, 0) is 224 Å². The van der Waals surface area contributed by atoms with Gasteiger partial charge in [0.2, 0.25) is 0 Å². The largest absolute Gasteiger partial charge is 0.478 e. The summed E-state index contributed by atoms with van der Waals surface area (Å²) in [7, 11) is 4.19. The highest BCUT2D eigenvalue weighted by atomic mass is 16.5. The molecule has 0 aliphatic carbocycles. The molecule has 0 bridgehead atoms. The number of amides is 1. The van der Waals surface area contributed by atoms with E-state index in [1.54, 1.807) is 12.5 Å². The van der Waals surface area contributed by atoms with Crippen LogP contribution < -0.4 is 34.1 Å². The van der Waals surface area contributed by atoms with Gasteiger partial charge in [-0.15, -0.1) is 0 Å². The number of hydrogen-bond acceptors (Lipinski definition) is 10. The van der Waals surface area contributed by atoms with Crippen molar-refractivity contribution in [2.24, 2.45) is 0 Å². The minimum Gasteiger partial charge on any atom is -0.478 e. The standard InChI is InChI=1S/C47H54N2O2.C43H49N5O3/c1-30-18-35(19-31(2)34(30)5)22-36-20-32(3)45(33(4)21-36)49-27-38-24-42(15-17-44(38)51-29-49)47(8,9)40-13-11-12-39(25-40)46(6,7)41-14-16-43-37(23-41)26-48(10)28-50-43;1-30-19-31(41(49)45-15-8-17-47-18-16-44-27-47)23-38(20-30)48-26-33-22-37(12-14-40(33)51-29-48)43(4,5)35-10-7-9-34(24-35)42(2,3)36-11-13-39-32(21-36)25-46(6)28-50-39/h11-21,23-25H,22,26-29H2,1-10H3;7,9-14,16,18-24,27H,8,15,17,25-26,28-29H2,1-6H3,(H,45,49). The first-order valence-corrected chi connectivity index (χ1v) is 36.3. The Kier molecular flexibility index (Phi) is 19.9. The molecule has 5 heterocycles. The van der Waals surface area contributed by atoms with E-state index >= 15 is 0 Å². The number of carbonyl (C=O) groups is 1. The van der Waals surface area contributed by atoms with Gasteiger partial charge in [-0.3, -0.25) is 14.6 Å². The van der Waals surface area contributed by atoms with Crippen molar-refractivity contribution < 1.29 is 23.7 Å². The second-order valence-corrected chi connectivity index (χ2v) is 31.5. The third-order valence-corrected chi connectivity index (χ3v) is 22.4. The maximum Gasteiger partial charge on any atom is 0.251 e. The Morgan fingerprint density at radius 1 is 0.451 bits per heavy atom. The molecule has 1 amide bonds. The molecule has 14 rings (SSSR count). The maximum absolute atomic E-state index is 13.1. The second kappa shape index (κ2) is 28.7. The first-order chi connectivity index (χ1) is 48.7. The summed E-state index contributed by atoms with van der Waals surface area (Å²) in [6, 6.07) is 60.5. The highest BCUT2D eigenvalue weighted by molar-refractivity contribution is 5.95. The van der Waals surface area contributed by atoms with Crippen LogP contribution in [0.3, 0.4) is 0 Å². The Morgan fingerprint density at radius 2 is 0.853 bits per heavy atom. The predicted molar refractivity (Wildman–Crippen MR) is 414 cm³/mol. The van der Waals surface area contributed by atoms with Gasteiger partial charge in [0.15, 0.2) is 13.5 Å². The quantitative estimate of drug-likeness (QED) is 0.0888. The van der Waals surface area contributed by atoms with Crippen molar-refractivity contribution >= 4 is 17.3 Å². The number of carbonyl (C=O) groups excluding carboxylic acids is 1. The molecular formula is C90H103N7O5. The van der Waals surface area contributed by atoms with Crippen molar-refractivity contribution in [2.75, 3.05) is 57.4 Å². The number of aromatic nitrogens is 2. The molecule has 0 spiro atoms. The van der Waals surface area contributed by atoms with Crippen LogP contribution in [0, 0.1) is 41.5 Å². The van der Waals surface area contributed by atoms with E-state index in [9.17, 15) is 4.79 Å². The number of aryl methyl sites for hydroxylation is 6. The zero-order valence-corrected chi connectivity index (χ0v) is 63.0. The van der Waals surface area contributed by atoms with Crippen LogP contribution in [-0.2, 0) is 60.8 Å². The minimum atomic E-state index is -0.248. The van der Waals surface area contributed by atoms with E-state index in [4.69, 9.17) is 18.9 Å². The lowest BCUT2D eigenvalue weighted by Gasteiger charge is -2.35. The minimum absolute atomic E-state index is 0.0633. The Balaban J connectivity index is 0.000000182. The van der Waals surface area contributed by atoms with Crippen molar-refractivity contribution in [3.05, 3.63) is 299 Å². The summed E-state index contributed by atoms with van der Waals surface area (Å²) in [4.78, 5) is 26.2. The van der Waals surface area contributed by atoms with Gasteiger partial charge in [-0.1, -0.05) is 152 Å². The number of imidazole rings is 1. The molecule has 9 aromatic carbocycles. The topological polar surface area (TPSA) is 96.8 Å². The maximum atomic E-state index is 13.1. The van der Waals surface area contributed by atoms with Gasteiger partial charge in [0.25, 0.3) is 5.91 Å². The summed E-state index contributed by atoms with van der Waals surface area (Å²) in [6.45, 7) is 38.7. The molecule has 12 heteroatoms. The number of nitrogens with zero attached hydrogens (tertiary/aromatic N) is 6. The molecule has 0 atom stereocenters. The second-order valence-electron chi connectivity index (χ2n) is 31.5. The lowest BCUT2D eigenvalue weighted by Crippen LogP contribution is -2.33. The normalized spacial score (nSPS) is 14.7. The van der Waals surface area contributed by atoms with Crippen molar-refractivity contribution in [1.82, 2.24) is 24.7 Å². The van der Waals surface area contributed by atoms with Gasteiger partial charge in [-0.2, -0.15) is 0 Å². The number of ether oxygens (including phenoxy) is 4. The molecule has 12 nitrogen and oxygen atoms in total. The Labute approximate surface area is 606 Å². The van der Waals surface area contributed by atoms with E-state index in [0.717, 1.165) is 78.8 Å². The number of fused-ring (bicyclic) bond motifs is 4. The molecule has 1 N–H and O–H groups in total. The Hall–Kier alpha value is -9.62. The average molecular weight is 1360 g/mol. The van der Waals surface area contributed by atoms with Gasteiger partial charge in [0.05, 0.1) is 6.33 Å². The van der Waals surface area contributed by atoms with Crippen LogP contribution in [0.4, 0.5) is 11.4 Å². The summed E-state index contributed by atoms with van der Waals surface area (Å²) >= 11 is 0. The lowest BCUT2D eigenvalue weighted by atomic mass is 9.73. The van der Waals surface area contributed by atoms with E-state index in [1.165, 1.54) is 106 Å². The van der Waals surface area contributed by atoms with Gasteiger partial charge < -0.3 is 38.6 Å². The van der Waals surface area contributed by atoms with Crippen LogP contribution in [0.2, 0.25) is 0 Å². The lowest BCUT2D eigenvalue weighted by molar-refractivity contribution is 0.0952. The fourth-order valence-corrected chi connectivity index (χ4v) is 15.5. The van der Waals surface area contributed by atoms with E-state index < -0.39 is 0 Å². The Bertz CT molecular complexity index is 4710. The summed E-state index contributed by atoms with van der Waals surface area (Å²) < 4.78 is 26.6. The zero-order valence-electron chi connectivity index (χ0n) is 63.0. The molecule has 0 radical (unpaired) electrons. The van der Waals surface area contributed by atoms with Crippen LogP contribution in [0.1, 0.15) is 183 Å². The van der Waals surface area contributed by atoms with E-state index in [-0.39, 0.29) is 27.6 Å².